The molecule has 2 aliphatic heterocycles. The van der Waals surface area contributed by atoms with Crippen molar-refractivity contribution in [1.82, 2.24) is 9.88 Å². The predicted molar refractivity (Wildman–Crippen MR) is 124 cm³/mol. The number of pyridine rings is 1. The summed E-state index contributed by atoms with van der Waals surface area (Å²) in [5, 5.41) is 11.8. The lowest BCUT2D eigenvalue weighted by Gasteiger charge is -2.25. The molecule has 6 nitrogen and oxygen atoms in total. The molecule has 5 rings (SSSR count). The zero-order chi connectivity index (χ0) is 23.1. The SMILES string of the molecule is C[C@H]1Cc2cc(/C(O)=C3\C(=O)C(=O)N(Cc4cccnc4)[C@@H]3c3cccc(Cl)c3)ccc2O1. The third kappa shape index (κ3) is 3.87. The molecular formula is C26H21ClN2O4. The first kappa shape index (κ1) is 21.2. The fraction of sp³-hybridized carbons (Fsp3) is 0.192. The molecule has 1 fully saturated rings. The van der Waals surface area contributed by atoms with E-state index in [-0.39, 0.29) is 24.0 Å². The molecule has 3 heterocycles. The van der Waals surface area contributed by atoms with Crippen molar-refractivity contribution in [1.29, 1.82) is 0 Å². The van der Waals surface area contributed by atoms with Crippen LogP contribution in [0.5, 0.6) is 5.75 Å². The van der Waals surface area contributed by atoms with E-state index < -0.39 is 17.7 Å². The lowest BCUT2D eigenvalue weighted by atomic mass is 9.94. The largest absolute Gasteiger partial charge is 0.507 e. The van der Waals surface area contributed by atoms with Gasteiger partial charge in [0.05, 0.1) is 11.6 Å². The molecule has 1 saturated heterocycles. The van der Waals surface area contributed by atoms with Crippen molar-refractivity contribution in [3.05, 3.63) is 99.8 Å². The zero-order valence-electron chi connectivity index (χ0n) is 17.9. The van der Waals surface area contributed by atoms with Crippen LogP contribution in [0.25, 0.3) is 5.76 Å². The zero-order valence-corrected chi connectivity index (χ0v) is 18.6. The van der Waals surface area contributed by atoms with Gasteiger partial charge in [-0.05, 0) is 60.0 Å². The number of amides is 1. The van der Waals surface area contributed by atoms with Gasteiger partial charge in [0, 0.05) is 35.9 Å². The van der Waals surface area contributed by atoms with E-state index in [1.807, 2.05) is 19.1 Å². The minimum Gasteiger partial charge on any atom is -0.507 e. The monoisotopic (exact) mass is 460 g/mol. The molecule has 0 bridgehead atoms. The number of likely N-dealkylation sites (tertiary alicyclic amines) is 1. The Labute approximate surface area is 196 Å². The first-order valence-corrected chi connectivity index (χ1v) is 11.0. The number of hydrogen-bond acceptors (Lipinski definition) is 5. The molecule has 1 aromatic heterocycles. The fourth-order valence-electron chi connectivity index (χ4n) is 4.48. The van der Waals surface area contributed by atoms with Gasteiger partial charge in [-0.1, -0.05) is 29.8 Å². The Bertz CT molecular complexity index is 1290. The van der Waals surface area contributed by atoms with Crippen LogP contribution < -0.4 is 4.74 Å². The molecule has 33 heavy (non-hydrogen) atoms. The maximum atomic E-state index is 13.2. The van der Waals surface area contributed by atoms with Gasteiger partial charge >= 0.3 is 0 Å². The number of aromatic nitrogens is 1. The van der Waals surface area contributed by atoms with Gasteiger partial charge in [-0.3, -0.25) is 14.6 Å². The number of halogens is 1. The van der Waals surface area contributed by atoms with Gasteiger partial charge in [-0.2, -0.15) is 0 Å². The topological polar surface area (TPSA) is 79.7 Å². The van der Waals surface area contributed by atoms with E-state index >= 15 is 0 Å². The summed E-state index contributed by atoms with van der Waals surface area (Å²) < 4.78 is 5.74. The lowest BCUT2D eigenvalue weighted by Crippen LogP contribution is -2.29. The molecule has 0 unspecified atom stereocenters. The Balaban J connectivity index is 1.64. The average Bonchev–Trinajstić information content (AvgIpc) is 3.30. The fourth-order valence-corrected chi connectivity index (χ4v) is 4.68. The summed E-state index contributed by atoms with van der Waals surface area (Å²) in [6, 6.07) is 15.1. The number of hydrogen-bond donors (Lipinski definition) is 1. The summed E-state index contributed by atoms with van der Waals surface area (Å²) in [4.78, 5) is 31.9. The molecule has 1 amide bonds. The van der Waals surface area contributed by atoms with Gasteiger partial charge in [-0.15, -0.1) is 0 Å². The van der Waals surface area contributed by atoms with Crippen molar-refractivity contribution in [3.63, 3.8) is 0 Å². The standard InChI is InChI=1S/C26H21ClN2O4/c1-15-10-19-11-18(7-8-21(19)33-15)24(30)22-23(17-5-2-6-20(27)12-17)29(26(32)25(22)31)14-16-4-3-9-28-13-16/h2-9,11-13,15,23,30H,10,14H2,1H3/b24-22+/t15-,23+/m0/s1. The molecule has 166 valence electrons. The first-order valence-electron chi connectivity index (χ1n) is 10.6. The minimum atomic E-state index is -0.785. The van der Waals surface area contributed by atoms with Crippen LogP contribution in [-0.2, 0) is 22.6 Å². The van der Waals surface area contributed by atoms with Crippen LogP contribution >= 0.6 is 11.6 Å². The van der Waals surface area contributed by atoms with Gasteiger partial charge in [0.1, 0.15) is 17.6 Å². The number of rotatable bonds is 4. The summed E-state index contributed by atoms with van der Waals surface area (Å²) in [6.45, 7) is 2.14. The summed E-state index contributed by atoms with van der Waals surface area (Å²) in [5.41, 5.74) is 2.88. The molecular weight excluding hydrogens is 440 g/mol. The van der Waals surface area contributed by atoms with Crippen LogP contribution in [0.15, 0.2) is 72.6 Å². The van der Waals surface area contributed by atoms with E-state index in [4.69, 9.17) is 16.3 Å². The second-order valence-electron chi connectivity index (χ2n) is 8.30. The number of benzene rings is 2. The summed E-state index contributed by atoms with van der Waals surface area (Å²) >= 11 is 6.24. The van der Waals surface area contributed by atoms with Crippen molar-refractivity contribution in [2.24, 2.45) is 0 Å². The number of aliphatic hydroxyl groups excluding tert-OH is 1. The summed E-state index contributed by atoms with van der Waals surface area (Å²) in [7, 11) is 0. The number of aliphatic hydroxyl groups is 1. The Hall–Kier alpha value is -3.64. The Morgan fingerprint density at radius 1 is 1.18 bits per heavy atom. The highest BCUT2D eigenvalue weighted by Crippen LogP contribution is 2.41. The highest BCUT2D eigenvalue weighted by molar-refractivity contribution is 6.46. The Morgan fingerprint density at radius 3 is 2.79 bits per heavy atom. The third-order valence-electron chi connectivity index (χ3n) is 5.95. The van der Waals surface area contributed by atoms with Gasteiger partial charge in [0.2, 0.25) is 0 Å². The van der Waals surface area contributed by atoms with Gasteiger partial charge in [0.15, 0.2) is 0 Å². The molecule has 0 aliphatic carbocycles. The normalized spacial score (nSPS) is 21.2. The minimum absolute atomic E-state index is 0.0399. The summed E-state index contributed by atoms with van der Waals surface area (Å²) in [6.07, 6.45) is 4.05. The van der Waals surface area contributed by atoms with Gasteiger partial charge in [-0.25, -0.2) is 0 Å². The number of ether oxygens (including phenoxy) is 1. The van der Waals surface area contributed by atoms with E-state index in [1.54, 1.807) is 54.9 Å². The third-order valence-corrected chi connectivity index (χ3v) is 6.18. The first-order chi connectivity index (χ1) is 15.9. The Morgan fingerprint density at radius 2 is 2.03 bits per heavy atom. The molecule has 0 saturated carbocycles. The number of ketones is 1. The van der Waals surface area contributed by atoms with Crippen LogP contribution in [0.2, 0.25) is 5.02 Å². The number of Topliss-reactive ketones (excluding diaryl/α,β-unsaturated/α-hetero) is 1. The second kappa shape index (κ2) is 8.37. The van der Waals surface area contributed by atoms with Crippen molar-refractivity contribution >= 4 is 29.1 Å². The van der Waals surface area contributed by atoms with Crippen LogP contribution in [-0.4, -0.2) is 32.8 Å². The number of carbonyl (C=O) groups is 2. The van der Waals surface area contributed by atoms with Crippen molar-refractivity contribution in [2.45, 2.75) is 32.0 Å². The molecule has 7 heteroatoms. The van der Waals surface area contributed by atoms with E-state index in [2.05, 4.69) is 4.98 Å². The highest BCUT2D eigenvalue weighted by Gasteiger charge is 2.46. The quantitative estimate of drug-likeness (QED) is 0.347. The van der Waals surface area contributed by atoms with Crippen LogP contribution in [0.3, 0.4) is 0 Å². The molecule has 1 N–H and O–H groups in total. The van der Waals surface area contributed by atoms with Crippen LogP contribution in [0.1, 0.15) is 35.2 Å². The van der Waals surface area contributed by atoms with Crippen molar-refractivity contribution in [2.75, 3.05) is 0 Å². The van der Waals surface area contributed by atoms with E-state index in [0.717, 1.165) is 16.9 Å². The lowest BCUT2D eigenvalue weighted by molar-refractivity contribution is -0.140. The smallest absolute Gasteiger partial charge is 0.295 e. The number of fused-ring (bicyclic) bond motifs is 1. The molecule has 2 aromatic carbocycles. The summed E-state index contributed by atoms with van der Waals surface area (Å²) in [5.74, 6) is -0.855. The maximum absolute atomic E-state index is 13.2. The molecule has 0 radical (unpaired) electrons. The van der Waals surface area contributed by atoms with E-state index in [1.165, 1.54) is 4.90 Å². The van der Waals surface area contributed by atoms with Crippen LogP contribution in [0.4, 0.5) is 0 Å². The van der Waals surface area contributed by atoms with E-state index in [0.29, 0.717) is 22.6 Å². The maximum Gasteiger partial charge on any atom is 0.295 e. The molecule has 0 spiro atoms. The predicted octanol–water partition coefficient (Wildman–Crippen LogP) is 4.68. The number of nitrogens with zero attached hydrogens (tertiary/aromatic N) is 2. The highest BCUT2D eigenvalue weighted by atomic mass is 35.5. The molecule has 3 aromatic rings. The van der Waals surface area contributed by atoms with E-state index in [9.17, 15) is 14.7 Å². The van der Waals surface area contributed by atoms with Crippen molar-refractivity contribution < 1.29 is 19.4 Å². The van der Waals surface area contributed by atoms with Crippen LogP contribution in [0, 0.1) is 0 Å². The van der Waals surface area contributed by atoms with Gasteiger partial charge < -0.3 is 14.7 Å². The Kier molecular flexibility index (Phi) is 5.38. The van der Waals surface area contributed by atoms with Gasteiger partial charge in [0.25, 0.3) is 11.7 Å². The second-order valence-corrected chi connectivity index (χ2v) is 8.73. The number of carbonyl (C=O) groups excluding carboxylic acids is 2. The van der Waals surface area contributed by atoms with Crippen molar-refractivity contribution in [3.8, 4) is 5.75 Å². The molecule has 2 atom stereocenters. The molecule has 2 aliphatic rings. The average molecular weight is 461 g/mol.